The maximum Gasteiger partial charge on any atom is 0.295 e. The number of likely N-dealkylation sites (N-methyl/N-ethyl adjacent to an activating group) is 1. The second-order valence-corrected chi connectivity index (χ2v) is 7.61. The maximum absolute atomic E-state index is 13.1. The molecule has 1 saturated heterocycles. The van der Waals surface area contributed by atoms with E-state index in [2.05, 4.69) is 18.7 Å². The SMILES string of the molecule is CCN(CC)CCN1C(=O)C(=O)/C(=C(/O)c2ccc(OC)cc2C)C1c1ccccc1. The molecule has 3 rings (SSSR count). The highest BCUT2D eigenvalue weighted by molar-refractivity contribution is 6.46. The summed E-state index contributed by atoms with van der Waals surface area (Å²) in [6, 6.07) is 14.0. The molecule has 1 aliphatic rings. The molecule has 1 amide bonds. The van der Waals surface area contributed by atoms with Crippen molar-refractivity contribution in [1.29, 1.82) is 0 Å². The first kappa shape index (κ1) is 22.6. The molecule has 0 radical (unpaired) electrons. The molecule has 6 heteroatoms. The summed E-state index contributed by atoms with van der Waals surface area (Å²) in [5, 5.41) is 11.2. The number of ketones is 1. The minimum absolute atomic E-state index is 0.129. The molecule has 164 valence electrons. The topological polar surface area (TPSA) is 70.1 Å². The highest BCUT2D eigenvalue weighted by Gasteiger charge is 2.46. The lowest BCUT2D eigenvalue weighted by molar-refractivity contribution is -0.140. The number of aliphatic hydroxyl groups is 1. The average Bonchev–Trinajstić information content (AvgIpc) is 3.04. The first-order valence-corrected chi connectivity index (χ1v) is 10.6. The smallest absolute Gasteiger partial charge is 0.295 e. The van der Waals surface area contributed by atoms with Crippen molar-refractivity contribution in [1.82, 2.24) is 9.80 Å². The Labute approximate surface area is 183 Å². The minimum Gasteiger partial charge on any atom is -0.507 e. The van der Waals surface area contributed by atoms with Crippen LogP contribution < -0.4 is 4.74 Å². The number of benzene rings is 2. The van der Waals surface area contributed by atoms with E-state index in [0.29, 0.717) is 24.4 Å². The number of Topliss-reactive ketones (excluding diaryl/α,β-unsaturated/α-hetero) is 1. The van der Waals surface area contributed by atoms with Crippen LogP contribution in [-0.2, 0) is 9.59 Å². The van der Waals surface area contributed by atoms with E-state index < -0.39 is 17.7 Å². The molecule has 1 aliphatic heterocycles. The molecule has 1 N–H and O–H groups in total. The first-order valence-electron chi connectivity index (χ1n) is 10.6. The van der Waals surface area contributed by atoms with Gasteiger partial charge in [-0.2, -0.15) is 0 Å². The Kier molecular flexibility index (Phi) is 7.13. The maximum atomic E-state index is 13.1. The van der Waals surface area contributed by atoms with Gasteiger partial charge in [0.15, 0.2) is 0 Å². The molecule has 0 aromatic heterocycles. The van der Waals surface area contributed by atoms with Gasteiger partial charge in [-0.1, -0.05) is 44.2 Å². The summed E-state index contributed by atoms with van der Waals surface area (Å²) in [5.74, 6) is -0.721. The zero-order valence-electron chi connectivity index (χ0n) is 18.6. The molecule has 0 aliphatic carbocycles. The van der Waals surface area contributed by atoms with Gasteiger partial charge in [-0.3, -0.25) is 9.59 Å². The van der Waals surface area contributed by atoms with Gasteiger partial charge in [-0.25, -0.2) is 0 Å². The summed E-state index contributed by atoms with van der Waals surface area (Å²) in [6.07, 6.45) is 0. The van der Waals surface area contributed by atoms with E-state index in [1.165, 1.54) is 0 Å². The van der Waals surface area contributed by atoms with Crippen LogP contribution in [0.5, 0.6) is 5.75 Å². The normalized spacial score (nSPS) is 18.1. The Bertz CT molecular complexity index is 980. The fourth-order valence-corrected chi connectivity index (χ4v) is 4.06. The third-order valence-corrected chi connectivity index (χ3v) is 5.90. The van der Waals surface area contributed by atoms with E-state index in [9.17, 15) is 14.7 Å². The molecular formula is C25H30N2O4. The molecular weight excluding hydrogens is 392 g/mol. The Balaban J connectivity index is 2.10. The van der Waals surface area contributed by atoms with E-state index in [1.807, 2.05) is 37.3 Å². The molecule has 31 heavy (non-hydrogen) atoms. The average molecular weight is 423 g/mol. The van der Waals surface area contributed by atoms with Gasteiger partial charge in [0, 0.05) is 18.7 Å². The number of ether oxygens (including phenoxy) is 1. The van der Waals surface area contributed by atoms with Gasteiger partial charge in [-0.05, 0) is 49.3 Å². The van der Waals surface area contributed by atoms with Crippen LogP contribution in [0.3, 0.4) is 0 Å². The predicted molar refractivity (Wildman–Crippen MR) is 121 cm³/mol. The molecule has 0 spiro atoms. The van der Waals surface area contributed by atoms with Crippen LogP contribution in [0, 0.1) is 6.92 Å². The third kappa shape index (κ3) is 4.49. The first-order chi connectivity index (χ1) is 14.9. The van der Waals surface area contributed by atoms with E-state index in [4.69, 9.17) is 4.74 Å². The standard InChI is InChI=1S/C25H30N2O4/c1-5-26(6-2)14-15-27-22(18-10-8-7-9-11-18)21(24(29)25(27)30)23(28)20-13-12-19(31-4)16-17(20)3/h7-13,16,22,28H,5-6,14-15H2,1-4H3/b23-21+. The zero-order chi connectivity index (χ0) is 22.5. The fraction of sp³-hybridized carbons (Fsp3) is 0.360. The van der Waals surface area contributed by atoms with Crippen molar-refractivity contribution in [2.75, 3.05) is 33.3 Å². The number of likely N-dealkylation sites (tertiary alicyclic amines) is 1. The Morgan fingerprint density at radius 3 is 2.35 bits per heavy atom. The molecule has 6 nitrogen and oxygen atoms in total. The lowest BCUT2D eigenvalue weighted by atomic mass is 9.94. The lowest BCUT2D eigenvalue weighted by Gasteiger charge is -2.28. The Hall–Kier alpha value is -3.12. The fourth-order valence-electron chi connectivity index (χ4n) is 4.06. The summed E-state index contributed by atoms with van der Waals surface area (Å²) in [6.45, 7) is 8.77. The third-order valence-electron chi connectivity index (χ3n) is 5.90. The van der Waals surface area contributed by atoms with Gasteiger partial charge in [0.05, 0.1) is 18.7 Å². The molecule has 1 unspecified atom stereocenters. The van der Waals surface area contributed by atoms with Gasteiger partial charge in [0.2, 0.25) is 0 Å². The van der Waals surface area contributed by atoms with Crippen LogP contribution in [0.4, 0.5) is 0 Å². The van der Waals surface area contributed by atoms with E-state index in [-0.39, 0.29) is 11.3 Å². The number of carbonyl (C=O) groups excluding carboxylic acids is 2. The number of nitrogens with zero attached hydrogens (tertiary/aromatic N) is 2. The van der Waals surface area contributed by atoms with E-state index in [0.717, 1.165) is 24.2 Å². The van der Waals surface area contributed by atoms with Gasteiger partial charge in [-0.15, -0.1) is 0 Å². The molecule has 2 aromatic carbocycles. The monoisotopic (exact) mass is 422 g/mol. The number of methoxy groups -OCH3 is 1. The van der Waals surface area contributed by atoms with Crippen molar-refractivity contribution in [2.24, 2.45) is 0 Å². The van der Waals surface area contributed by atoms with Crippen LogP contribution in [0.2, 0.25) is 0 Å². The summed E-state index contributed by atoms with van der Waals surface area (Å²) in [7, 11) is 1.57. The number of amides is 1. The summed E-state index contributed by atoms with van der Waals surface area (Å²) < 4.78 is 5.24. The van der Waals surface area contributed by atoms with E-state index >= 15 is 0 Å². The molecule has 0 saturated carbocycles. The highest BCUT2D eigenvalue weighted by Crippen LogP contribution is 2.39. The van der Waals surface area contributed by atoms with Crippen LogP contribution in [0.25, 0.3) is 5.76 Å². The van der Waals surface area contributed by atoms with Crippen molar-refractivity contribution < 1.29 is 19.4 Å². The van der Waals surface area contributed by atoms with Crippen LogP contribution in [-0.4, -0.2) is 59.9 Å². The van der Waals surface area contributed by atoms with Crippen molar-refractivity contribution >= 4 is 17.4 Å². The zero-order valence-corrected chi connectivity index (χ0v) is 18.6. The summed E-state index contributed by atoms with van der Waals surface area (Å²) in [4.78, 5) is 29.9. The largest absolute Gasteiger partial charge is 0.507 e. The van der Waals surface area contributed by atoms with Crippen molar-refractivity contribution in [3.63, 3.8) is 0 Å². The number of carbonyl (C=O) groups is 2. The number of aryl methyl sites for hydroxylation is 1. The number of aliphatic hydroxyl groups excluding tert-OH is 1. The van der Waals surface area contributed by atoms with Crippen molar-refractivity contribution in [2.45, 2.75) is 26.8 Å². The predicted octanol–water partition coefficient (Wildman–Crippen LogP) is 3.77. The number of hydrogen-bond acceptors (Lipinski definition) is 5. The van der Waals surface area contributed by atoms with Crippen molar-refractivity contribution in [3.05, 3.63) is 70.8 Å². The summed E-state index contributed by atoms with van der Waals surface area (Å²) in [5.41, 5.74) is 2.21. The van der Waals surface area contributed by atoms with Gasteiger partial charge >= 0.3 is 0 Å². The van der Waals surface area contributed by atoms with Gasteiger partial charge < -0.3 is 19.6 Å². The lowest BCUT2D eigenvalue weighted by Crippen LogP contribution is -2.38. The highest BCUT2D eigenvalue weighted by atomic mass is 16.5. The van der Waals surface area contributed by atoms with Crippen LogP contribution >= 0.6 is 0 Å². The number of hydrogen-bond donors (Lipinski definition) is 1. The molecule has 0 bridgehead atoms. The van der Waals surface area contributed by atoms with Gasteiger partial charge in [0.25, 0.3) is 11.7 Å². The Morgan fingerprint density at radius 2 is 1.77 bits per heavy atom. The molecule has 1 atom stereocenters. The summed E-state index contributed by atoms with van der Waals surface area (Å²) >= 11 is 0. The van der Waals surface area contributed by atoms with Crippen LogP contribution in [0.1, 0.15) is 36.6 Å². The second-order valence-electron chi connectivity index (χ2n) is 7.61. The van der Waals surface area contributed by atoms with Gasteiger partial charge in [0.1, 0.15) is 11.5 Å². The van der Waals surface area contributed by atoms with Crippen molar-refractivity contribution in [3.8, 4) is 5.75 Å². The molecule has 1 heterocycles. The Morgan fingerprint density at radius 1 is 1.10 bits per heavy atom. The number of rotatable bonds is 8. The molecule has 2 aromatic rings. The molecule has 1 fully saturated rings. The minimum atomic E-state index is -0.652. The quantitative estimate of drug-likeness (QED) is 0.398. The van der Waals surface area contributed by atoms with Crippen LogP contribution in [0.15, 0.2) is 54.1 Å². The van der Waals surface area contributed by atoms with E-state index in [1.54, 1.807) is 30.2 Å². The second kappa shape index (κ2) is 9.79.